The standard InChI is InChI=1S/C15H25N7O2/c1-15(2,13(16)24)10-18-14(17-3)21-5-6-22(12(23)9-21)11-7-19-20(4)8-11/h7-8H,5-6,9-10H2,1-4H3,(H2,16,24)(H,17,18). The molecule has 9 nitrogen and oxygen atoms in total. The molecule has 0 aliphatic carbocycles. The van der Waals surface area contributed by atoms with Crippen LogP contribution in [0.3, 0.4) is 0 Å². The van der Waals surface area contributed by atoms with E-state index in [4.69, 9.17) is 5.73 Å². The van der Waals surface area contributed by atoms with Crippen molar-refractivity contribution >= 4 is 23.5 Å². The largest absolute Gasteiger partial charge is 0.369 e. The van der Waals surface area contributed by atoms with Crippen LogP contribution in [0.4, 0.5) is 5.69 Å². The summed E-state index contributed by atoms with van der Waals surface area (Å²) in [6, 6.07) is 0. The van der Waals surface area contributed by atoms with Gasteiger partial charge in [0.05, 0.1) is 17.3 Å². The number of aromatic nitrogens is 2. The molecule has 0 aromatic carbocycles. The number of hydrogen-bond acceptors (Lipinski definition) is 4. The first kappa shape index (κ1) is 17.8. The predicted molar refractivity (Wildman–Crippen MR) is 91.5 cm³/mol. The van der Waals surface area contributed by atoms with Gasteiger partial charge in [0.25, 0.3) is 0 Å². The van der Waals surface area contributed by atoms with Gasteiger partial charge in [-0.15, -0.1) is 0 Å². The molecule has 3 N–H and O–H groups in total. The quantitative estimate of drug-likeness (QED) is 0.551. The first-order chi connectivity index (χ1) is 11.2. The van der Waals surface area contributed by atoms with Gasteiger partial charge in [-0.05, 0) is 13.8 Å². The maximum atomic E-state index is 12.4. The molecule has 0 saturated carbocycles. The molecule has 2 amide bonds. The molecule has 1 fully saturated rings. The maximum Gasteiger partial charge on any atom is 0.246 e. The van der Waals surface area contributed by atoms with Crippen molar-refractivity contribution in [2.24, 2.45) is 23.2 Å². The number of anilines is 1. The Balaban J connectivity index is 1.98. The molecule has 1 aromatic rings. The van der Waals surface area contributed by atoms with E-state index in [1.807, 2.05) is 18.1 Å². The number of rotatable bonds is 4. The van der Waals surface area contributed by atoms with Crippen LogP contribution in [-0.2, 0) is 16.6 Å². The van der Waals surface area contributed by atoms with Gasteiger partial charge in [-0.3, -0.25) is 19.3 Å². The summed E-state index contributed by atoms with van der Waals surface area (Å²) in [4.78, 5) is 31.6. The lowest BCUT2D eigenvalue weighted by molar-refractivity contribution is -0.125. The number of carbonyl (C=O) groups excluding carboxylic acids is 2. The van der Waals surface area contributed by atoms with Crippen LogP contribution in [0.25, 0.3) is 0 Å². The smallest absolute Gasteiger partial charge is 0.246 e. The molecule has 0 spiro atoms. The fourth-order valence-corrected chi connectivity index (χ4v) is 2.39. The van der Waals surface area contributed by atoms with Crippen LogP contribution in [0.5, 0.6) is 0 Å². The average Bonchev–Trinajstić information content (AvgIpc) is 2.94. The van der Waals surface area contributed by atoms with Gasteiger partial charge in [-0.25, -0.2) is 0 Å². The molecule has 2 heterocycles. The molecule has 0 atom stereocenters. The van der Waals surface area contributed by atoms with Gasteiger partial charge >= 0.3 is 0 Å². The minimum Gasteiger partial charge on any atom is -0.369 e. The Kier molecular flexibility index (Phi) is 5.10. The normalized spacial score (nSPS) is 16.5. The molecule has 1 aromatic heterocycles. The lowest BCUT2D eigenvalue weighted by atomic mass is 9.93. The van der Waals surface area contributed by atoms with E-state index in [0.29, 0.717) is 25.6 Å². The van der Waals surface area contributed by atoms with Crippen molar-refractivity contribution < 1.29 is 9.59 Å². The second kappa shape index (κ2) is 6.90. The first-order valence-electron chi connectivity index (χ1n) is 7.79. The van der Waals surface area contributed by atoms with E-state index >= 15 is 0 Å². The summed E-state index contributed by atoms with van der Waals surface area (Å²) in [5.74, 6) is 0.179. The highest BCUT2D eigenvalue weighted by Crippen LogP contribution is 2.16. The summed E-state index contributed by atoms with van der Waals surface area (Å²) in [5.41, 5.74) is 5.48. The molecule has 0 unspecified atom stereocenters. The number of primary amides is 1. The number of nitrogens with two attached hydrogens (primary N) is 1. The number of nitrogens with one attached hydrogen (secondary N) is 1. The molecule has 1 saturated heterocycles. The van der Waals surface area contributed by atoms with Gasteiger partial charge in [-0.2, -0.15) is 5.10 Å². The van der Waals surface area contributed by atoms with E-state index < -0.39 is 5.41 Å². The number of carbonyl (C=O) groups is 2. The Labute approximate surface area is 141 Å². The van der Waals surface area contributed by atoms with Gasteiger partial charge in [-0.1, -0.05) is 0 Å². The monoisotopic (exact) mass is 335 g/mol. The van der Waals surface area contributed by atoms with Crippen molar-refractivity contribution in [3.05, 3.63) is 12.4 Å². The van der Waals surface area contributed by atoms with Crippen LogP contribution in [-0.4, -0.2) is 65.7 Å². The van der Waals surface area contributed by atoms with Crippen LogP contribution in [0.2, 0.25) is 0 Å². The van der Waals surface area contributed by atoms with Crippen molar-refractivity contribution in [2.45, 2.75) is 13.8 Å². The Morgan fingerprint density at radius 3 is 2.67 bits per heavy atom. The summed E-state index contributed by atoms with van der Waals surface area (Å²) in [5, 5.41) is 7.23. The molecule has 1 aliphatic rings. The molecular weight excluding hydrogens is 310 g/mol. The van der Waals surface area contributed by atoms with Gasteiger partial charge < -0.3 is 20.9 Å². The first-order valence-corrected chi connectivity index (χ1v) is 7.79. The highest BCUT2D eigenvalue weighted by molar-refractivity contribution is 5.98. The summed E-state index contributed by atoms with van der Waals surface area (Å²) in [7, 11) is 3.47. The van der Waals surface area contributed by atoms with Crippen LogP contribution in [0, 0.1) is 5.41 Å². The third-order valence-corrected chi connectivity index (χ3v) is 4.09. The predicted octanol–water partition coefficient (Wildman–Crippen LogP) is -0.844. The second-order valence-corrected chi connectivity index (χ2v) is 6.49. The fourth-order valence-electron chi connectivity index (χ4n) is 2.39. The minimum atomic E-state index is -0.697. The van der Waals surface area contributed by atoms with Crippen LogP contribution in [0.1, 0.15) is 13.8 Å². The van der Waals surface area contributed by atoms with Crippen molar-refractivity contribution in [3.63, 3.8) is 0 Å². The SMILES string of the molecule is CN=C(NCC(C)(C)C(N)=O)N1CCN(c2cnn(C)c2)C(=O)C1. The molecule has 132 valence electrons. The Morgan fingerprint density at radius 1 is 1.46 bits per heavy atom. The highest BCUT2D eigenvalue weighted by atomic mass is 16.2. The fraction of sp³-hybridized carbons (Fsp3) is 0.600. The Morgan fingerprint density at radius 2 is 2.17 bits per heavy atom. The summed E-state index contributed by atoms with van der Waals surface area (Å²) in [6.45, 7) is 5.28. The summed E-state index contributed by atoms with van der Waals surface area (Å²) < 4.78 is 1.67. The number of aryl methyl sites for hydroxylation is 1. The summed E-state index contributed by atoms with van der Waals surface area (Å²) in [6.07, 6.45) is 3.49. The average molecular weight is 335 g/mol. The number of hydrogen-bond donors (Lipinski definition) is 2. The van der Waals surface area contributed by atoms with Gasteiger partial charge in [0.1, 0.15) is 6.54 Å². The molecule has 2 rings (SSSR count). The van der Waals surface area contributed by atoms with Crippen molar-refractivity contribution in [1.29, 1.82) is 0 Å². The van der Waals surface area contributed by atoms with Crippen LogP contribution >= 0.6 is 0 Å². The number of piperazine rings is 1. The molecule has 24 heavy (non-hydrogen) atoms. The van der Waals surface area contributed by atoms with Crippen LogP contribution in [0.15, 0.2) is 17.4 Å². The van der Waals surface area contributed by atoms with E-state index in [9.17, 15) is 9.59 Å². The van der Waals surface area contributed by atoms with E-state index in [1.165, 1.54) is 0 Å². The maximum absolute atomic E-state index is 12.4. The zero-order chi connectivity index (χ0) is 17.9. The number of aliphatic imine (C=N–C) groups is 1. The number of amides is 2. The van der Waals surface area contributed by atoms with Gasteiger partial charge in [0.2, 0.25) is 11.8 Å². The number of guanidine groups is 1. The topological polar surface area (TPSA) is 109 Å². The number of nitrogens with zero attached hydrogens (tertiary/aromatic N) is 5. The third kappa shape index (κ3) is 3.84. The zero-order valence-electron chi connectivity index (χ0n) is 14.6. The highest BCUT2D eigenvalue weighted by Gasteiger charge is 2.30. The van der Waals surface area contributed by atoms with Gasteiger partial charge in [0.15, 0.2) is 5.96 Å². The lowest BCUT2D eigenvalue weighted by Crippen LogP contribution is -2.56. The van der Waals surface area contributed by atoms with Crippen molar-refractivity contribution in [2.75, 3.05) is 38.1 Å². The lowest BCUT2D eigenvalue weighted by Gasteiger charge is -2.36. The van der Waals surface area contributed by atoms with E-state index in [2.05, 4.69) is 15.4 Å². The molecule has 0 bridgehead atoms. The zero-order valence-corrected chi connectivity index (χ0v) is 14.6. The van der Waals surface area contributed by atoms with Crippen molar-refractivity contribution in [1.82, 2.24) is 20.0 Å². The molecule has 0 radical (unpaired) electrons. The van der Waals surface area contributed by atoms with E-state index in [-0.39, 0.29) is 18.4 Å². The van der Waals surface area contributed by atoms with Gasteiger partial charge in [0, 0.05) is 39.9 Å². The molecule has 9 heteroatoms. The Hall–Kier alpha value is -2.58. The third-order valence-electron chi connectivity index (χ3n) is 4.09. The molecule has 1 aliphatic heterocycles. The van der Waals surface area contributed by atoms with Crippen molar-refractivity contribution in [3.8, 4) is 0 Å². The summed E-state index contributed by atoms with van der Waals surface area (Å²) >= 11 is 0. The minimum absolute atomic E-state index is 0.0219. The van der Waals surface area contributed by atoms with E-state index in [0.717, 1.165) is 5.69 Å². The molecular formula is C15H25N7O2. The van der Waals surface area contributed by atoms with E-state index in [1.54, 1.807) is 36.7 Å². The second-order valence-electron chi connectivity index (χ2n) is 6.49. The Bertz CT molecular complexity index is 650. The van der Waals surface area contributed by atoms with Crippen LogP contribution < -0.4 is 16.0 Å².